The van der Waals surface area contributed by atoms with Gasteiger partial charge in [-0.15, -0.1) is 0 Å². The molecule has 1 aromatic carbocycles. The van der Waals surface area contributed by atoms with Crippen LogP contribution in [0, 0.1) is 0 Å². The van der Waals surface area contributed by atoms with Crippen LogP contribution in [0.2, 0.25) is 0 Å². The lowest BCUT2D eigenvalue weighted by Crippen LogP contribution is -2.25. The number of benzene rings is 1. The molecule has 4 nitrogen and oxygen atoms in total. The van der Waals surface area contributed by atoms with Crippen molar-refractivity contribution in [2.45, 2.75) is 19.3 Å². The fourth-order valence-electron chi connectivity index (χ4n) is 2.56. The molecule has 3 rings (SSSR count). The van der Waals surface area contributed by atoms with Crippen LogP contribution >= 0.6 is 0 Å². The van der Waals surface area contributed by atoms with E-state index >= 15 is 0 Å². The predicted molar refractivity (Wildman–Crippen MR) is 76.6 cm³/mol. The molecule has 0 saturated heterocycles. The lowest BCUT2D eigenvalue weighted by molar-refractivity contribution is 0.752. The molecular weight excluding hydrogens is 236 g/mol. The summed E-state index contributed by atoms with van der Waals surface area (Å²) in [4.78, 5) is 11.2. The van der Waals surface area contributed by atoms with Gasteiger partial charge in [0.2, 0.25) is 0 Å². The zero-order chi connectivity index (χ0) is 13.1. The molecule has 1 aromatic heterocycles. The van der Waals surface area contributed by atoms with E-state index in [2.05, 4.69) is 39.1 Å². The highest BCUT2D eigenvalue weighted by Crippen LogP contribution is 2.31. The highest BCUT2D eigenvalue weighted by Gasteiger charge is 2.18. The summed E-state index contributed by atoms with van der Waals surface area (Å²) in [6, 6.07) is 10.5. The second kappa shape index (κ2) is 5.36. The number of hydrogen-bond acceptors (Lipinski definition) is 4. The molecule has 1 aliphatic heterocycles. The number of para-hydroxylation sites is 1. The van der Waals surface area contributed by atoms with Crippen molar-refractivity contribution < 1.29 is 0 Å². The average molecular weight is 254 g/mol. The van der Waals surface area contributed by atoms with E-state index in [0.29, 0.717) is 6.54 Å². The minimum Gasteiger partial charge on any atom is -0.330 e. The molecule has 0 bridgehead atoms. The Morgan fingerprint density at radius 3 is 3.00 bits per heavy atom. The van der Waals surface area contributed by atoms with E-state index in [9.17, 15) is 0 Å². The van der Waals surface area contributed by atoms with E-state index in [1.165, 1.54) is 11.3 Å². The van der Waals surface area contributed by atoms with Gasteiger partial charge >= 0.3 is 0 Å². The summed E-state index contributed by atoms with van der Waals surface area (Å²) in [6.07, 6.45) is 4.86. The van der Waals surface area contributed by atoms with Crippen LogP contribution in [0.1, 0.15) is 17.8 Å². The van der Waals surface area contributed by atoms with Crippen LogP contribution in [0.4, 0.5) is 11.5 Å². The maximum Gasteiger partial charge on any atom is 0.136 e. The van der Waals surface area contributed by atoms with Crippen molar-refractivity contribution >= 4 is 11.5 Å². The summed E-state index contributed by atoms with van der Waals surface area (Å²) in [5.74, 6) is 1.80. The van der Waals surface area contributed by atoms with Crippen molar-refractivity contribution in [1.29, 1.82) is 0 Å². The van der Waals surface area contributed by atoms with Gasteiger partial charge in [0, 0.05) is 24.8 Å². The fraction of sp³-hybridized carbons (Fsp3) is 0.333. The number of nitrogens with zero attached hydrogens (tertiary/aromatic N) is 3. The third-order valence-corrected chi connectivity index (χ3v) is 3.45. The molecule has 0 fully saturated rings. The Labute approximate surface area is 113 Å². The van der Waals surface area contributed by atoms with E-state index in [1.807, 2.05) is 12.3 Å². The molecule has 0 atom stereocenters. The summed E-state index contributed by atoms with van der Waals surface area (Å²) >= 11 is 0. The second-order valence-corrected chi connectivity index (χ2v) is 4.75. The molecule has 0 amide bonds. The monoisotopic (exact) mass is 254 g/mol. The maximum atomic E-state index is 5.57. The van der Waals surface area contributed by atoms with Crippen LogP contribution in [0.5, 0.6) is 0 Å². The zero-order valence-electron chi connectivity index (χ0n) is 10.9. The molecule has 0 spiro atoms. The molecule has 0 unspecified atom stereocenters. The normalized spacial score (nSPS) is 14.3. The number of fused-ring (bicyclic) bond motifs is 1. The van der Waals surface area contributed by atoms with Gasteiger partial charge in [-0.3, -0.25) is 0 Å². The average Bonchev–Trinajstić information content (AvgIpc) is 2.47. The van der Waals surface area contributed by atoms with E-state index < -0.39 is 0 Å². The summed E-state index contributed by atoms with van der Waals surface area (Å²) in [5, 5.41) is 0. The number of nitrogens with two attached hydrogens (primary N) is 1. The van der Waals surface area contributed by atoms with Crippen molar-refractivity contribution in [2.24, 2.45) is 5.73 Å². The first-order valence-electron chi connectivity index (χ1n) is 6.76. The standard InChI is InChI=1S/C15H18N4/c16-9-7-14-17-10-8-15(18-14)19-11-3-5-12-4-1-2-6-13(12)19/h1-2,4,6,8,10H,3,5,7,9,11,16H2. The predicted octanol–water partition coefficient (Wildman–Crippen LogP) is 2.06. The Morgan fingerprint density at radius 1 is 1.21 bits per heavy atom. The van der Waals surface area contributed by atoms with Crippen LogP contribution in [-0.4, -0.2) is 23.1 Å². The van der Waals surface area contributed by atoms with Gasteiger partial charge in [0.1, 0.15) is 11.6 Å². The van der Waals surface area contributed by atoms with Gasteiger partial charge in [0.25, 0.3) is 0 Å². The molecule has 0 aliphatic carbocycles. The van der Waals surface area contributed by atoms with Gasteiger partial charge in [0.15, 0.2) is 0 Å². The van der Waals surface area contributed by atoms with Crippen molar-refractivity contribution in [3.63, 3.8) is 0 Å². The third kappa shape index (κ3) is 2.44. The van der Waals surface area contributed by atoms with Crippen LogP contribution in [0.15, 0.2) is 36.5 Å². The molecule has 0 radical (unpaired) electrons. The Balaban J connectivity index is 1.97. The summed E-state index contributed by atoms with van der Waals surface area (Å²) in [5.41, 5.74) is 8.24. The molecule has 4 heteroatoms. The van der Waals surface area contributed by atoms with Crippen molar-refractivity contribution in [2.75, 3.05) is 18.0 Å². The van der Waals surface area contributed by atoms with Gasteiger partial charge in [-0.25, -0.2) is 9.97 Å². The van der Waals surface area contributed by atoms with Crippen molar-refractivity contribution in [1.82, 2.24) is 9.97 Å². The highest BCUT2D eigenvalue weighted by molar-refractivity contribution is 5.65. The first-order chi connectivity index (χ1) is 9.38. The van der Waals surface area contributed by atoms with Gasteiger partial charge in [-0.05, 0) is 37.1 Å². The fourth-order valence-corrected chi connectivity index (χ4v) is 2.56. The minimum absolute atomic E-state index is 0.583. The zero-order valence-corrected chi connectivity index (χ0v) is 10.9. The molecule has 19 heavy (non-hydrogen) atoms. The van der Waals surface area contributed by atoms with E-state index in [1.54, 1.807) is 0 Å². The number of aromatic nitrogens is 2. The number of rotatable bonds is 3. The van der Waals surface area contributed by atoms with Gasteiger partial charge in [-0.1, -0.05) is 18.2 Å². The van der Waals surface area contributed by atoms with Gasteiger partial charge in [0.05, 0.1) is 0 Å². The molecule has 2 aromatic rings. The topological polar surface area (TPSA) is 55.0 Å². The molecule has 2 heterocycles. The molecule has 0 saturated carbocycles. The largest absolute Gasteiger partial charge is 0.330 e. The molecular formula is C15H18N4. The molecule has 1 aliphatic rings. The second-order valence-electron chi connectivity index (χ2n) is 4.75. The van der Waals surface area contributed by atoms with Crippen LogP contribution < -0.4 is 10.6 Å². The van der Waals surface area contributed by atoms with Gasteiger partial charge < -0.3 is 10.6 Å². The molecule has 2 N–H and O–H groups in total. The number of anilines is 2. The quantitative estimate of drug-likeness (QED) is 0.911. The van der Waals surface area contributed by atoms with Gasteiger partial charge in [-0.2, -0.15) is 0 Å². The smallest absolute Gasteiger partial charge is 0.136 e. The maximum absolute atomic E-state index is 5.57. The Hall–Kier alpha value is -1.94. The Bertz CT molecular complexity index is 568. The lowest BCUT2D eigenvalue weighted by Gasteiger charge is -2.30. The van der Waals surface area contributed by atoms with Crippen LogP contribution in [0.25, 0.3) is 0 Å². The summed E-state index contributed by atoms with van der Waals surface area (Å²) in [6.45, 7) is 1.59. The Morgan fingerprint density at radius 2 is 2.11 bits per heavy atom. The summed E-state index contributed by atoms with van der Waals surface area (Å²) in [7, 11) is 0. The minimum atomic E-state index is 0.583. The van der Waals surface area contributed by atoms with Crippen LogP contribution in [0.3, 0.4) is 0 Å². The third-order valence-electron chi connectivity index (χ3n) is 3.45. The first kappa shape index (κ1) is 12.1. The van der Waals surface area contributed by atoms with E-state index in [4.69, 9.17) is 5.73 Å². The number of hydrogen-bond donors (Lipinski definition) is 1. The van der Waals surface area contributed by atoms with Crippen molar-refractivity contribution in [3.8, 4) is 0 Å². The Kier molecular flexibility index (Phi) is 3.42. The number of aryl methyl sites for hydroxylation is 1. The van der Waals surface area contributed by atoms with E-state index in [-0.39, 0.29) is 0 Å². The molecule has 98 valence electrons. The van der Waals surface area contributed by atoms with Crippen LogP contribution in [-0.2, 0) is 12.8 Å². The lowest BCUT2D eigenvalue weighted by atomic mass is 10.0. The van der Waals surface area contributed by atoms with E-state index in [0.717, 1.165) is 37.4 Å². The highest BCUT2D eigenvalue weighted by atomic mass is 15.2. The first-order valence-corrected chi connectivity index (χ1v) is 6.76. The SMILES string of the molecule is NCCc1nccc(N2CCCc3ccccc32)n1. The van der Waals surface area contributed by atoms with Crippen molar-refractivity contribution in [3.05, 3.63) is 47.9 Å². The summed E-state index contributed by atoms with van der Waals surface area (Å²) < 4.78 is 0.